The highest BCUT2D eigenvalue weighted by Gasteiger charge is 2.11. The molecule has 0 bridgehead atoms. The molecule has 0 amide bonds. The molecule has 0 aromatic carbocycles. The van der Waals surface area contributed by atoms with E-state index in [0.29, 0.717) is 5.75 Å². The van der Waals surface area contributed by atoms with Gasteiger partial charge in [0.1, 0.15) is 17.4 Å². The number of ether oxygens (including phenoxy) is 1. The highest BCUT2D eigenvalue weighted by atomic mass is 16.5. The van der Waals surface area contributed by atoms with Crippen LogP contribution in [0.1, 0.15) is 32.1 Å². The predicted molar refractivity (Wildman–Crippen MR) is 98.7 cm³/mol. The molecule has 0 aliphatic carbocycles. The van der Waals surface area contributed by atoms with E-state index in [4.69, 9.17) is 15.1 Å². The second-order valence-corrected chi connectivity index (χ2v) is 5.45. The Morgan fingerprint density at radius 2 is 1.81 bits per heavy atom. The largest absolute Gasteiger partial charge is 0.495 e. The van der Waals surface area contributed by atoms with Crippen LogP contribution < -0.4 is 15.5 Å². The van der Waals surface area contributed by atoms with Gasteiger partial charge in [-0.25, -0.2) is 15.9 Å². The Hall–Kier alpha value is -2.71. The number of hydrogen-bond acceptors (Lipinski definition) is 7. The van der Waals surface area contributed by atoms with E-state index in [2.05, 4.69) is 20.8 Å². The number of carboxylic acids is 1. The molecule has 8 heteroatoms. The summed E-state index contributed by atoms with van der Waals surface area (Å²) in [6, 6.07) is 9.58. The number of carboxylic acid groups (broad SMARTS) is 1. The molecule has 142 valence electrons. The van der Waals surface area contributed by atoms with Crippen LogP contribution in [-0.2, 0) is 4.79 Å². The summed E-state index contributed by atoms with van der Waals surface area (Å²) in [6.07, 6.45) is 7.26. The SMILES string of the molecule is COc1ccc(N(CCCCCCC(=O)O)c2ccccn2)nc1.NO. The molecule has 4 N–H and O–H groups in total. The third kappa shape index (κ3) is 7.45. The van der Waals surface area contributed by atoms with Gasteiger partial charge in [0.15, 0.2) is 0 Å². The fraction of sp³-hybridized carbons (Fsp3) is 0.389. The maximum Gasteiger partial charge on any atom is 0.303 e. The Kier molecular flexibility index (Phi) is 10.4. The summed E-state index contributed by atoms with van der Waals surface area (Å²) in [7, 11) is 1.62. The summed E-state index contributed by atoms with van der Waals surface area (Å²) in [5.74, 6) is 5.15. The lowest BCUT2D eigenvalue weighted by atomic mass is 10.1. The van der Waals surface area contributed by atoms with Crippen molar-refractivity contribution in [3.8, 4) is 5.75 Å². The Morgan fingerprint density at radius 1 is 1.08 bits per heavy atom. The van der Waals surface area contributed by atoms with Crippen LogP contribution in [0.25, 0.3) is 0 Å². The smallest absolute Gasteiger partial charge is 0.303 e. The first-order valence-corrected chi connectivity index (χ1v) is 8.37. The molecule has 0 saturated heterocycles. The zero-order chi connectivity index (χ0) is 19.2. The molecule has 0 fully saturated rings. The van der Waals surface area contributed by atoms with Crippen LogP contribution in [-0.4, -0.2) is 39.9 Å². The fourth-order valence-electron chi connectivity index (χ4n) is 2.41. The third-order valence-corrected chi connectivity index (χ3v) is 3.68. The lowest BCUT2D eigenvalue weighted by molar-refractivity contribution is -0.137. The van der Waals surface area contributed by atoms with Gasteiger partial charge in [-0.2, -0.15) is 0 Å². The Balaban J connectivity index is 0.00000163. The average molecular weight is 362 g/mol. The summed E-state index contributed by atoms with van der Waals surface area (Å²) in [6.45, 7) is 0.781. The van der Waals surface area contributed by atoms with Gasteiger partial charge in [-0.05, 0) is 37.1 Å². The van der Waals surface area contributed by atoms with Crippen molar-refractivity contribution in [3.05, 3.63) is 42.7 Å². The third-order valence-electron chi connectivity index (χ3n) is 3.68. The van der Waals surface area contributed by atoms with Gasteiger partial charge in [0.05, 0.1) is 13.3 Å². The highest BCUT2D eigenvalue weighted by molar-refractivity contribution is 5.66. The van der Waals surface area contributed by atoms with Crippen LogP contribution in [0.15, 0.2) is 42.7 Å². The molecule has 0 unspecified atom stereocenters. The standard InChI is InChI=1S/C18H23N3O3.H3NO/c1-24-15-10-11-17(20-14-15)21(16-8-5-6-12-19-16)13-7-3-2-4-9-18(22)23;1-2/h5-6,8,10-12,14H,2-4,7,9,13H2,1H3,(H,22,23);2H,1H2. The Morgan fingerprint density at radius 3 is 2.38 bits per heavy atom. The fourth-order valence-corrected chi connectivity index (χ4v) is 2.41. The van der Waals surface area contributed by atoms with Crippen molar-refractivity contribution >= 4 is 17.6 Å². The number of anilines is 2. The minimum absolute atomic E-state index is 0.240. The predicted octanol–water partition coefficient (Wildman–Crippen LogP) is 2.99. The first-order valence-electron chi connectivity index (χ1n) is 8.37. The van der Waals surface area contributed by atoms with Crippen LogP contribution in [0.3, 0.4) is 0 Å². The van der Waals surface area contributed by atoms with Crippen LogP contribution in [0.5, 0.6) is 5.75 Å². The Bertz CT molecular complexity index is 623. The van der Waals surface area contributed by atoms with Gasteiger partial charge >= 0.3 is 5.97 Å². The van der Waals surface area contributed by atoms with Gasteiger partial charge in [0.25, 0.3) is 0 Å². The molecule has 26 heavy (non-hydrogen) atoms. The van der Waals surface area contributed by atoms with E-state index < -0.39 is 5.97 Å². The molecule has 2 aromatic heterocycles. The summed E-state index contributed by atoms with van der Waals surface area (Å²) >= 11 is 0. The molecular formula is C18H26N4O4. The number of aliphatic carboxylic acids is 1. The monoisotopic (exact) mass is 362 g/mol. The van der Waals surface area contributed by atoms with Crippen LogP contribution in [0, 0.1) is 0 Å². The lowest BCUT2D eigenvalue weighted by Crippen LogP contribution is -2.20. The number of aromatic nitrogens is 2. The summed E-state index contributed by atoms with van der Waals surface area (Å²) in [5.41, 5.74) is 0. The number of pyridine rings is 2. The van der Waals surface area contributed by atoms with Gasteiger partial charge in [-0.15, -0.1) is 0 Å². The summed E-state index contributed by atoms with van der Waals surface area (Å²) < 4.78 is 5.15. The van der Waals surface area contributed by atoms with E-state index >= 15 is 0 Å². The molecule has 0 spiro atoms. The molecule has 0 atom stereocenters. The van der Waals surface area contributed by atoms with Gasteiger partial charge in [0, 0.05) is 19.2 Å². The van der Waals surface area contributed by atoms with Crippen molar-refractivity contribution in [2.45, 2.75) is 32.1 Å². The molecule has 0 aliphatic heterocycles. The second-order valence-electron chi connectivity index (χ2n) is 5.45. The molecule has 0 saturated carbocycles. The van der Waals surface area contributed by atoms with Crippen molar-refractivity contribution in [1.82, 2.24) is 9.97 Å². The number of methoxy groups -OCH3 is 1. The first-order chi connectivity index (χ1) is 12.7. The van der Waals surface area contributed by atoms with Gasteiger partial charge in [-0.3, -0.25) is 4.79 Å². The number of nitrogens with two attached hydrogens (primary N) is 1. The zero-order valence-electron chi connectivity index (χ0n) is 14.9. The topological polar surface area (TPSA) is 122 Å². The van der Waals surface area contributed by atoms with E-state index in [0.717, 1.165) is 43.9 Å². The number of hydrogen-bond donors (Lipinski definition) is 3. The molecule has 0 radical (unpaired) electrons. The van der Waals surface area contributed by atoms with Crippen LogP contribution in [0.2, 0.25) is 0 Å². The minimum atomic E-state index is -0.729. The maximum absolute atomic E-state index is 10.5. The number of carbonyl (C=O) groups is 1. The quantitative estimate of drug-likeness (QED) is 0.435. The average Bonchev–Trinajstić information content (AvgIpc) is 2.69. The molecule has 2 aromatic rings. The van der Waals surface area contributed by atoms with E-state index in [1.54, 1.807) is 19.5 Å². The van der Waals surface area contributed by atoms with E-state index in [1.165, 1.54) is 0 Å². The number of nitrogens with zero attached hydrogens (tertiary/aromatic N) is 3. The molecule has 0 aliphatic rings. The molecule has 2 rings (SSSR count). The van der Waals surface area contributed by atoms with Gasteiger partial charge in [-0.1, -0.05) is 18.9 Å². The maximum atomic E-state index is 10.5. The van der Waals surface area contributed by atoms with Gasteiger partial charge < -0.3 is 20.0 Å². The molecule has 2 heterocycles. The van der Waals surface area contributed by atoms with E-state index in [1.807, 2.05) is 30.3 Å². The first kappa shape index (κ1) is 21.3. The number of unbranched alkanes of at least 4 members (excludes halogenated alkanes) is 3. The molecule has 8 nitrogen and oxygen atoms in total. The lowest BCUT2D eigenvalue weighted by Gasteiger charge is -2.22. The summed E-state index contributed by atoms with van der Waals surface area (Å²) in [5, 5.41) is 15.2. The second kappa shape index (κ2) is 12.6. The zero-order valence-corrected chi connectivity index (χ0v) is 14.9. The van der Waals surface area contributed by atoms with Crippen molar-refractivity contribution < 1.29 is 19.8 Å². The van der Waals surface area contributed by atoms with E-state index in [9.17, 15) is 4.79 Å². The minimum Gasteiger partial charge on any atom is -0.495 e. The van der Waals surface area contributed by atoms with Crippen molar-refractivity contribution in [3.63, 3.8) is 0 Å². The van der Waals surface area contributed by atoms with Crippen molar-refractivity contribution in [2.75, 3.05) is 18.6 Å². The normalized spacial score (nSPS) is 9.81. The van der Waals surface area contributed by atoms with Crippen molar-refractivity contribution in [1.29, 1.82) is 0 Å². The van der Waals surface area contributed by atoms with E-state index in [-0.39, 0.29) is 6.42 Å². The van der Waals surface area contributed by atoms with Crippen molar-refractivity contribution in [2.24, 2.45) is 5.90 Å². The van der Waals surface area contributed by atoms with Crippen LogP contribution >= 0.6 is 0 Å². The highest BCUT2D eigenvalue weighted by Crippen LogP contribution is 2.23. The summed E-state index contributed by atoms with van der Waals surface area (Å²) in [4.78, 5) is 21.5. The van der Waals surface area contributed by atoms with Gasteiger partial charge in [0.2, 0.25) is 0 Å². The molecular weight excluding hydrogens is 336 g/mol. The van der Waals surface area contributed by atoms with Crippen LogP contribution in [0.4, 0.5) is 11.6 Å². The Labute approximate surface area is 153 Å². The number of rotatable bonds is 10.